The third-order valence-electron chi connectivity index (χ3n) is 9.47. The highest BCUT2D eigenvalue weighted by molar-refractivity contribution is 6.00. The van der Waals surface area contributed by atoms with Crippen LogP contribution in [0.1, 0.15) is 33.5 Å². The highest BCUT2D eigenvalue weighted by atomic mass is 19.1. The summed E-state index contributed by atoms with van der Waals surface area (Å²) in [5.74, 6) is -1.45. The van der Waals surface area contributed by atoms with Gasteiger partial charge in [-0.25, -0.2) is 13.2 Å². The molecule has 8 nitrogen and oxygen atoms in total. The van der Waals surface area contributed by atoms with Gasteiger partial charge in [-0.2, -0.15) is 9.97 Å². The first kappa shape index (κ1) is 24.9. The van der Waals surface area contributed by atoms with Crippen molar-refractivity contribution in [2.75, 3.05) is 37.7 Å². The lowest BCUT2D eigenvalue weighted by Crippen LogP contribution is -2.51. The second kappa shape index (κ2) is 9.67. The molecule has 0 aliphatic carbocycles. The number of alkyl halides is 1. The number of benzene rings is 2. The third kappa shape index (κ3) is 4.16. The molecule has 2 aromatic heterocycles. The maximum Gasteiger partial charge on any atom is 0.319 e. The van der Waals surface area contributed by atoms with Gasteiger partial charge in [-0.1, -0.05) is 12.1 Å². The Hall–Kier alpha value is -3.70. The van der Waals surface area contributed by atoms with Crippen LogP contribution in [0.3, 0.4) is 0 Å². The standard InChI is InChI=1S/C31H31F3N6O2/c32-18-11-31(7-2-8-40(31)13-18)16-42-30-37-28-23(29(38-30)39-14-19-5-6-20(15-39)36-19)12-35-27(26(28)34)22-10-21(41)9-17-3-1-4-24(33)25(17)22/h1,3-4,9-10,12,18-20,36,41H,2,5-8,11,13-16H2/t18-,19?,20?,31+/m1/s1/i10D. The zero-order chi connectivity index (χ0) is 29.5. The number of halogens is 3. The summed E-state index contributed by atoms with van der Waals surface area (Å²) in [6, 6.07) is 5.68. The number of fused-ring (bicyclic) bond motifs is 5. The zero-order valence-electron chi connectivity index (χ0n) is 23.9. The number of ether oxygens (including phenoxy) is 1. The molecule has 42 heavy (non-hydrogen) atoms. The van der Waals surface area contributed by atoms with Gasteiger partial charge in [0.05, 0.1) is 12.3 Å². The van der Waals surface area contributed by atoms with Crippen molar-refractivity contribution in [1.82, 2.24) is 25.2 Å². The SMILES string of the molecule is [2H]c1c(O)cc2cccc(F)c2c1-c1ncc2c(N3CC4CCC(C3)N4)nc(OC[C@@]34CCCN3C[C@H](F)C4)nc2c1F. The van der Waals surface area contributed by atoms with Gasteiger partial charge < -0.3 is 20.1 Å². The van der Waals surface area contributed by atoms with Crippen LogP contribution in [0, 0.1) is 11.6 Å². The van der Waals surface area contributed by atoms with Crippen LogP contribution in [-0.4, -0.2) is 81.5 Å². The molecular weight excluding hydrogens is 545 g/mol. The van der Waals surface area contributed by atoms with Crippen LogP contribution < -0.4 is 15.0 Å². The molecule has 11 heteroatoms. The number of anilines is 1. The molecule has 4 fully saturated rings. The largest absolute Gasteiger partial charge is 0.508 e. The molecular formula is C31H31F3N6O2. The van der Waals surface area contributed by atoms with Crippen LogP contribution in [-0.2, 0) is 0 Å². The Bertz CT molecular complexity index is 1770. The monoisotopic (exact) mass is 577 g/mol. The number of nitrogens with zero attached hydrogens (tertiary/aromatic N) is 5. The first-order valence-corrected chi connectivity index (χ1v) is 14.6. The van der Waals surface area contributed by atoms with Gasteiger partial charge in [-0.15, -0.1) is 0 Å². The van der Waals surface area contributed by atoms with Crippen LogP contribution in [0.25, 0.3) is 32.9 Å². The lowest BCUT2D eigenvalue weighted by molar-refractivity contribution is 0.107. The Morgan fingerprint density at radius 1 is 1.17 bits per heavy atom. The van der Waals surface area contributed by atoms with Gasteiger partial charge in [-0.3, -0.25) is 9.88 Å². The normalized spacial score (nSPS) is 27.6. The number of aromatic nitrogens is 3. The third-order valence-corrected chi connectivity index (χ3v) is 9.47. The topological polar surface area (TPSA) is 86.6 Å². The van der Waals surface area contributed by atoms with Gasteiger partial charge in [0.2, 0.25) is 0 Å². The first-order chi connectivity index (χ1) is 20.8. The van der Waals surface area contributed by atoms with Gasteiger partial charge in [0.25, 0.3) is 0 Å². The number of pyridine rings is 1. The minimum absolute atomic E-state index is 0.0112. The molecule has 0 spiro atoms. The number of hydrogen-bond donors (Lipinski definition) is 2. The molecule has 2 aromatic carbocycles. The second-order valence-corrected chi connectivity index (χ2v) is 12.2. The lowest BCUT2D eigenvalue weighted by atomic mass is 9.95. The number of hydrogen-bond acceptors (Lipinski definition) is 8. The van der Waals surface area contributed by atoms with Crippen LogP contribution in [0.5, 0.6) is 11.8 Å². The summed E-state index contributed by atoms with van der Waals surface area (Å²) in [5.41, 5.74) is -0.961. The number of aromatic hydroxyl groups is 1. The summed E-state index contributed by atoms with van der Waals surface area (Å²) in [4.78, 5) is 17.9. The van der Waals surface area contributed by atoms with E-state index in [0.717, 1.165) is 32.2 Å². The smallest absolute Gasteiger partial charge is 0.319 e. The summed E-state index contributed by atoms with van der Waals surface area (Å²) < 4.78 is 60.9. The van der Waals surface area contributed by atoms with E-state index in [9.17, 15) is 9.50 Å². The predicted octanol–water partition coefficient (Wildman–Crippen LogP) is 4.72. The molecule has 2 unspecified atom stereocenters. The molecule has 2 N–H and O–H groups in total. The summed E-state index contributed by atoms with van der Waals surface area (Å²) in [6.07, 6.45) is 4.74. The highest BCUT2D eigenvalue weighted by Crippen LogP contribution is 2.41. The predicted molar refractivity (Wildman–Crippen MR) is 153 cm³/mol. The molecule has 218 valence electrons. The van der Waals surface area contributed by atoms with Crippen molar-refractivity contribution in [2.24, 2.45) is 0 Å². The Kier molecular flexibility index (Phi) is 5.72. The maximum atomic E-state index is 16.6. The van der Waals surface area contributed by atoms with E-state index in [1.807, 2.05) is 0 Å². The molecule has 6 heterocycles. The van der Waals surface area contributed by atoms with Crippen molar-refractivity contribution < 1.29 is 24.4 Å². The fourth-order valence-electron chi connectivity index (χ4n) is 7.60. The van der Waals surface area contributed by atoms with E-state index in [1.54, 1.807) is 6.07 Å². The fourth-order valence-corrected chi connectivity index (χ4v) is 7.60. The number of piperazine rings is 1. The molecule has 4 aliphatic rings. The van der Waals surface area contributed by atoms with Gasteiger partial charge in [0.1, 0.15) is 41.4 Å². The molecule has 4 aliphatic heterocycles. The van der Waals surface area contributed by atoms with Gasteiger partial charge in [0.15, 0.2) is 5.82 Å². The quantitative estimate of drug-likeness (QED) is 0.353. The molecule has 4 aromatic rings. The van der Waals surface area contributed by atoms with E-state index in [2.05, 4.69) is 25.1 Å². The molecule has 0 saturated carbocycles. The highest BCUT2D eigenvalue weighted by Gasteiger charge is 2.49. The van der Waals surface area contributed by atoms with Crippen molar-refractivity contribution in [3.63, 3.8) is 0 Å². The average molecular weight is 578 g/mol. The van der Waals surface area contributed by atoms with E-state index < -0.39 is 35.1 Å². The summed E-state index contributed by atoms with van der Waals surface area (Å²) in [6.45, 7) is 2.72. The van der Waals surface area contributed by atoms with E-state index in [0.29, 0.717) is 42.6 Å². The zero-order valence-corrected chi connectivity index (χ0v) is 22.9. The Morgan fingerprint density at radius 2 is 2.00 bits per heavy atom. The molecule has 0 amide bonds. The Balaban J connectivity index is 1.28. The number of phenolic OH excluding ortho intramolecular Hbond substituents is 1. The van der Waals surface area contributed by atoms with Gasteiger partial charge in [0, 0.05) is 55.3 Å². The Morgan fingerprint density at radius 3 is 2.83 bits per heavy atom. The second-order valence-electron chi connectivity index (χ2n) is 12.2. The summed E-state index contributed by atoms with van der Waals surface area (Å²) in [5, 5.41) is 14.8. The number of rotatable bonds is 5. The lowest BCUT2D eigenvalue weighted by Gasteiger charge is -2.34. The van der Waals surface area contributed by atoms with Crippen molar-refractivity contribution in [3.05, 3.63) is 48.1 Å². The van der Waals surface area contributed by atoms with E-state index in [1.165, 1.54) is 24.4 Å². The summed E-state index contributed by atoms with van der Waals surface area (Å²) >= 11 is 0. The van der Waals surface area contributed by atoms with Crippen molar-refractivity contribution in [3.8, 4) is 23.0 Å². The van der Waals surface area contributed by atoms with Crippen LogP contribution in [0.4, 0.5) is 19.0 Å². The maximum absolute atomic E-state index is 16.6. The average Bonchev–Trinajstić information content (AvgIpc) is 3.63. The molecule has 4 atom stereocenters. The molecule has 2 bridgehead atoms. The van der Waals surface area contributed by atoms with E-state index >= 15 is 8.78 Å². The number of nitrogens with one attached hydrogen (secondary N) is 1. The van der Waals surface area contributed by atoms with Crippen LogP contribution in [0.15, 0.2) is 36.5 Å². The molecule has 0 radical (unpaired) electrons. The van der Waals surface area contributed by atoms with Crippen LogP contribution in [0.2, 0.25) is 0 Å². The van der Waals surface area contributed by atoms with E-state index in [-0.39, 0.29) is 46.9 Å². The minimum Gasteiger partial charge on any atom is -0.508 e. The first-order valence-electron chi connectivity index (χ1n) is 15.1. The number of phenols is 1. The molecule has 4 saturated heterocycles. The van der Waals surface area contributed by atoms with E-state index in [4.69, 9.17) is 11.1 Å². The molecule has 8 rings (SSSR count). The van der Waals surface area contributed by atoms with Crippen molar-refractivity contribution in [2.45, 2.75) is 55.9 Å². The van der Waals surface area contributed by atoms with Crippen molar-refractivity contribution in [1.29, 1.82) is 0 Å². The minimum atomic E-state index is -0.920. The summed E-state index contributed by atoms with van der Waals surface area (Å²) in [7, 11) is 0. The van der Waals surface area contributed by atoms with Gasteiger partial charge in [-0.05, 0) is 55.8 Å². The van der Waals surface area contributed by atoms with Crippen molar-refractivity contribution >= 4 is 27.5 Å². The van der Waals surface area contributed by atoms with Gasteiger partial charge >= 0.3 is 6.01 Å². The Labute approximate surface area is 241 Å². The fraction of sp³-hybridized carbons (Fsp3) is 0.452. The van der Waals surface area contributed by atoms with Crippen LogP contribution >= 0.6 is 0 Å².